The van der Waals surface area contributed by atoms with Crippen LogP contribution in [0.1, 0.15) is 5.56 Å². The molecule has 1 atom stereocenters. The minimum Gasteiger partial charge on any atom is -0.494 e. The monoisotopic (exact) mass is 357 g/mol. The van der Waals surface area contributed by atoms with Crippen LogP contribution in [0.25, 0.3) is 0 Å². The predicted octanol–water partition coefficient (Wildman–Crippen LogP) is 2.05. The number of carbonyl (C=O) groups excluding carboxylic acids is 1. The van der Waals surface area contributed by atoms with Gasteiger partial charge < -0.3 is 20.3 Å². The Morgan fingerprint density at radius 1 is 1.15 bits per heavy atom. The maximum absolute atomic E-state index is 13.4. The van der Waals surface area contributed by atoms with Crippen molar-refractivity contribution in [2.24, 2.45) is 5.73 Å². The van der Waals surface area contributed by atoms with Crippen LogP contribution in [0.5, 0.6) is 5.75 Å². The van der Waals surface area contributed by atoms with Gasteiger partial charge in [-0.25, -0.2) is 4.39 Å². The molecule has 2 aromatic rings. The lowest BCUT2D eigenvalue weighted by Crippen LogP contribution is -2.53. The summed E-state index contributed by atoms with van der Waals surface area (Å²) in [6, 6.07) is 13.8. The summed E-state index contributed by atoms with van der Waals surface area (Å²) in [5.41, 5.74) is 8.02. The number of piperazine rings is 1. The van der Waals surface area contributed by atoms with E-state index in [1.54, 1.807) is 11.0 Å². The van der Waals surface area contributed by atoms with Gasteiger partial charge in [0.15, 0.2) is 0 Å². The van der Waals surface area contributed by atoms with Crippen LogP contribution in [0, 0.1) is 5.82 Å². The SMILES string of the molecule is COc1cc(F)ccc1N1CCN(C(=O)C(N)Cc2ccccc2)CC1. The molecular formula is C20H24FN3O2. The van der Waals surface area contributed by atoms with Crippen molar-refractivity contribution in [3.63, 3.8) is 0 Å². The number of amides is 1. The molecule has 2 N–H and O–H groups in total. The summed E-state index contributed by atoms with van der Waals surface area (Å²) in [7, 11) is 1.53. The lowest BCUT2D eigenvalue weighted by Gasteiger charge is -2.37. The summed E-state index contributed by atoms with van der Waals surface area (Å²) in [6.07, 6.45) is 0.533. The second kappa shape index (κ2) is 8.19. The van der Waals surface area contributed by atoms with Crippen LogP contribution in [0.2, 0.25) is 0 Å². The first-order valence-electron chi connectivity index (χ1n) is 8.75. The standard InChI is InChI=1S/C20H24FN3O2/c1-26-19-14-16(21)7-8-18(19)23-9-11-24(12-10-23)20(25)17(22)13-15-5-3-2-4-6-15/h2-8,14,17H,9-13,22H2,1H3. The molecule has 0 aliphatic carbocycles. The fourth-order valence-corrected chi connectivity index (χ4v) is 3.27. The molecule has 3 rings (SSSR count). The quantitative estimate of drug-likeness (QED) is 0.890. The van der Waals surface area contributed by atoms with Crippen molar-refractivity contribution in [3.05, 3.63) is 59.9 Å². The highest BCUT2D eigenvalue weighted by Gasteiger charge is 2.26. The van der Waals surface area contributed by atoms with Gasteiger partial charge in [0, 0.05) is 32.2 Å². The maximum Gasteiger partial charge on any atom is 0.239 e. The first-order chi connectivity index (χ1) is 12.6. The van der Waals surface area contributed by atoms with E-state index in [0.29, 0.717) is 38.3 Å². The average Bonchev–Trinajstić information content (AvgIpc) is 2.68. The Bertz CT molecular complexity index is 746. The average molecular weight is 357 g/mol. The Morgan fingerprint density at radius 3 is 2.50 bits per heavy atom. The number of halogens is 1. The number of rotatable bonds is 5. The molecule has 1 heterocycles. The Balaban J connectivity index is 1.59. The normalized spacial score (nSPS) is 15.7. The first kappa shape index (κ1) is 18.2. The Morgan fingerprint density at radius 2 is 1.85 bits per heavy atom. The zero-order chi connectivity index (χ0) is 18.5. The van der Waals surface area contributed by atoms with E-state index >= 15 is 0 Å². The molecule has 1 aliphatic heterocycles. The van der Waals surface area contributed by atoms with Gasteiger partial charge >= 0.3 is 0 Å². The smallest absolute Gasteiger partial charge is 0.239 e. The summed E-state index contributed by atoms with van der Waals surface area (Å²) in [4.78, 5) is 16.5. The van der Waals surface area contributed by atoms with Crippen LogP contribution in [0.3, 0.4) is 0 Å². The molecule has 1 unspecified atom stereocenters. The van der Waals surface area contributed by atoms with E-state index in [1.165, 1.54) is 19.2 Å². The molecular weight excluding hydrogens is 333 g/mol. The second-order valence-corrected chi connectivity index (χ2v) is 6.42. The lowest BCUT2D eigenvalue weighted by atomic mass is 10.1. The van der Waals surface area contributed by atoms with Gasteiger partial charge in [-0.2, -0.15) is 0 Å². The van der Waals surface area contributed by atoms with E-state index in [1.807, 2.05) is 30.3 Å². The molecule has 5 nitrogen and oxygen atoms in total. The molecule has 0 aromatic heterocycles. The van der Waals surface area contributed by atoms with Gasteiger partial charge in [0.05, 0.1) is 18.8 Å². The summed E-state index contributed by atoms with van der Waals surface area (Å²) < 4.78 is 18.6. The van der Waals surface area contributed by atoms with Gasteiger partial charge in [0.1, 0.15) is 11.6 Å². The van der Waals surface area contributed by atoms with E-state index < -0.39 is 6.04 Å². The minimum absolute atomic E-state index is 0.0282. The molecule has 1 fully saturated rings. The fraction of sp³-hybridized carbons (Fsp3) is 0.350. The summed E-state index contributed by atoms with van der Waals surface area (Å²) in [5.74, 6) is 0.149. The van der Waals surface area contributed by atoms with Crippen molar-refractivity contribution < 1.29 is 13.9 Å². The molecule has 1 aliphatic rings. The van der Waals surface area contributed by atoms with Crippen molar-refractivity contribution in [1.82, 2.24) is 4.90 Å². The maximum atomic E-state index is 13.4. The van der Waals surface area contributed by atoms with Crippen molar-refractivity contribution in [3.8, 4) is 5.75 Å². The van der Waals surface area contributed by atoms with Crippen LogP contribution in [0.15, 0.2) is 48.5 Å². The summed E-state index contributed by atoms with van der Waals surface area (Å²) in [5, 5.41) is 0. The highest BCUT2D eigenvalue weighted by Crippen LogP contribution is 2.29. The number of hydrogen-bond donors (Lipinski definition) is 1. The number of ether oxygens (including phenoxy) is 1. The van der Waals surface area contributed by atoms with Crippen LogP contribution < -0.4 is 15.4 Å². The zero-order valence-electron chi connectivity index (χ0n) is 14.9. The summed E-state index contributed by atoms with van der Waals surface area (Å²) in [6.45, 7) is 2.49. The molecule has 6 heteroatoms. The number of nitrogens with zero attached hydrogens (tertiary/aromatic N) is 2. The van der Waals surface area contributed by atoms with E-state index in [9.17, 15) is 9.18 Å². The predicted molar refractivity (Wildman–Crippen MR) is 99.9 cm³/mol. The Labute approximate surface area is 153 Å². The third-order valence-electron chi connectivity index (χ3n) is 4.69. The zero-order valence-corrected chi connectivity index (χ0v) is 14.9. The van der Waals surface area contributed by atoms with E-state index in [-0.39, 0.29) is 11.7 Å². The van der Waals surface area contributed by atoms with Crippen molar-refractivity contribution in [2.45, 2.75) is 12.5 Å². The van der Waals surface area contributed by atoms with Crippen LogP contribution in [0.4, 0.5) is 10.1 Å². The number of nitrogens with two attached hydrogens (primary N) is 1. The number of anilines is 1. The van der Waals surface area contributed by atoms with Gasteiger partial charge in [-0.05, 0) is 24.1 Å². The van der Waals surface area contributed by atoms with Crippen molar-refractivity contribution in [1.29, 1.82) is 0 Å². The van der Waals surface area contributed by atoms with E-state index in [4.69, 9.17) is 10.5 Å². The van der Waals surface area contributed by atoms with Gasteiger partial charge in [0.2, 0.25) is 5.91 Å². The third-order valence-corrected chi connectivity index (χ3v) is 4.69. The molecule has 0 bridgehead atoms. The van der Waals surface area contributed by atoms with Gasteiger partial charge in [-0.1, -0.05) is 30.3 Å². The largest absolute Gasteiger partial charge is 0.494 e. The molecule has 1 saturated heterocycles. The lowest BCUT2D eigenvalue weighted by molar-refractivity contribution is -0.132. The van der Waals surface area contributed by atoms with Crippen molar-refractivity contribution in [2.75, 3.05) is 38.2 Å². The molecule has 138 valence electrons. The summed E-state index contributed by atoms with van der Waals surface area (Å²) >= 11 is 0. The minimum atomic E-state index is -0.538. The van der Waals surface area contributed by atoms with Gasteiger partial charge in [-0.3, -0.25) is 4.79 Å². The van der Waals surface area contributed by atoms with E-state index in [2.05, 4.69) is 4.90 Å². The number of methoxy groups -OCH3 is 1. The fourth-order valence-electron chi connectivity index (χ4n) is 3.27. The molecule has 0 spiro atoms. The van der Waals surface area contributed by atoms with Gasteiger partial charge in [-0.15, -0.1) is 0 Å². The van der Waals surface area contributed by atoms with Crippen LogP contribution in [-0.4, -0.2) is 50.1 Å². The Kier molecular flexibility index (Phi) is 5.73. The highest BCUT2D eigenvalue weighted by atomic mass is 19.1. The second-order valence-electron chi connectivity index (χ2n) is 6.42. The van der Waals surface area contributed by atoms with Crippen LogP contribution >= 0.6 is 0 Å². The van der Waals surface area contributed by atoms with E-state index in [0.717, 1.165) is 11.3 Å². The van der Waals surface area contributed by atoms with Crippen LogP contribution in [-0.2, 0) is 11.2 Å². The highest BCUT2D eigenvalue weighted by molar-refractivity contribution is 5.82. The molecule has 0 saturated carbocycles. The molecule has 0 radical (unpaired) electrons. The topological polar surface area (TPSA) is 58.8 Å². The number of hydrogen-bond acceptors (Lipinski definition) is 4. The molecule has 2 aromatic carbocycles. The van der Waals surface area contributed by atoms with Crippen molar-refractivity contribution >= 4 is 11.6 Å². The number of benzene rings is 2. The Hall–Kier alpha value is -2.60. The molecule has 1 amide bonds. The molecule has 26 heavy (non-hydrogen) atoms. The third kappa shape index (κ3) is 4.14. The number of carbonyl (C=O) groups is 1. The van der Waals surface area contributed by atoms with Gasteiger partial charge in [0.25, 0.3) is 0 Å². The first-order valence-corrected chi connectivity index (χ1v) is 8.75.